The molecule has 1 aromatic heterocycles. The van der Waals surface area contributed by atoms with Crippen LogP contribution in [0.4, 0.5) is 11.4 Å². The SMILES string of the molecule is COc1ccc(CN2C(=O)/C(=C3/C(=O)N(CC(=O)Nc4c(C)n(C)n(-c5ccccc5)c4=O)c4ccccc43)SC2=S)cc1. The van der Waals surface area contributed by atoms with Crippen molar-refractivity contribution in [1.29, 1.82) is 0 Å². The molecule has 0 unspecified atom stereocenters. The highest BCUT2D eigenvalue weighted by molar-refractivity contribution is 8.26. The highest BCUT2D eigenvalue weighted by Gasteiger charge is 2.42. The van der Waals surface area contributed by atoms with Crippen molar-refractivity contribution in [2.24, 2.45) is 7.05 Å². The molecule has 0 bridgehead atoms. The first kappa shape index (κ1) is 29.1. The first-order chi connectivity index (χ1) is 21.2. The van der Waals surface area contributed by atoms with Crippen LogP contribution >= 0.6 is 24.0 Å². The summed E-state index contributed by atoms with van der Waals surface area (Å²) in [4.78, 5) is 57.2. The van der Waals surface area contributed by atoms with Crippen LogP contribution in [-0.2, 0) is 28.0 Å². The molecule has 6 rings (SSSR count). The molecule has 12 heteroatoms. The third-order valence-electron chi connectivity index (χ3n) is 7.62. The number of anilines is 2. The monoisotopic (exact) mass is 625 g/mol. The van der Waals surface area contributed by atoms with Gasteiger partial charge in [-0.1, -0.05) is 72.5 Å². The Morgan fingerprint density at radius 3 is 2.30 bits per heavy atom. The van der Waals surface area contributed by atoms with Crippen LogP contribution in [-0.4, -0.2) is 50.0 Å². The van der Waals surface area contributed by atoms with E-state index in [1.165, 1.54) is 14.5 Å². The number of thiocarbonyl (C=S) groups is 1. The average Bonchev–Trinajstić information content (AvgIpc) is 3.54. The van der Waals surface area contributed by atoms with Gasteiger partial charge in [-0.15, -0.1) is 0 Å². The first-order valence-electron chi connectivity index (χ1n) is 13.7. The quantitative estimate of drug-likeness (QED) is 0.242. The maximum Gasteiger partial charge on any atom is 0.295 e. The zero-order chi connectivity index (χ0) is 31.1. The Labute approximate surface area is 262 Å². The predicted octanol–water partition coefficient (Wildman–Crippen LogP) is 4.25. The number of amides is 3. The van der Waals surface area contributed by atoms with Gasteiger partial charge in [0.1, 0.15) is 22.3 Å². The summed E-state index contributed by atoms with van der Waals surface area (Å²) in [6, 6.07) is 23.4. The topological polar surface area (TPSA) is 106 Å². The molecule has 0 spiro atoms. The molecule has 2 aliphatic heterocycles. The van der Waals surface area contributed by atoms with Crippen LogP contribution in [0, 0.1) is 6.92 Å². The first-order valence-corrected chi connectivity index (χ1v) is 14.9. The van der Waals surface area contributed by atoms with E-state index < -0.39 is 11.8 Å². The number of nitrogens with zero attached hydrogens (tertiary/aromatic N) is 4. The molecule has 1 N–H and O–H groups in total. The van der Waals surface area contributed by atoms with E-state index >= 15 is 0 Å². The third kappa shape index (κ3) is 5.01. The summed E-state index contributed by atoms with van der Waals surface area (Å²) in [6.07, 6.45) is 0. The van der Waals surface area contributed by atoms with Crippen LogP contribution in [0.15, 0.2) is 88.6 Å². The number of ether oxygens (including phenoxy) is 1. The van der Waals surface area contributed by atoms with E-state index in [0.717, 1.165) is 17.3 Å². The standard InChI is InChI=1S/C32H27N5O5S2/c1-19-27(30(40)37(34(19)2)21-9-5-4-6-10-21)33-25(38)18-35-24-12-8-7-11-23(24)26(29(35)39)28-31(41)36(32(43)44-28)17-20-13-15-22(42-3)16-14-20/h4-16H,17-18H2,1-3H3,(H,33,38)/b28-26-. The lowest BCUT2D eigenvalue weighted by Gasteiger charge is -2.16. The number of rotatable bonds is 7. The molecule has 0 radical (unpaired) electrons. The Bertz CT molecular complexity index is 1930. The summed E-state index contributed by atoms with van der Waals surface area (Å²) in [5.74, 6) is -0.713. The summed E-state index contributed by atoms with van der Waals surface area (Å²) >= 11 is 6.62. The Hall–Kier alpha value is -4.94. The Morgan fingerprint density at radius 1 is 0.909 bits per heavy atom. The molecule has 0 saturated carbocycles. The van der Waals surface area contributed by atoms with Gasteiger partial charge in [-0.2, -0.15) is 0 Å². The molecule has 10 nitrogen and oxygen atoms in total. The molecule has 3 amide bonds. The summed E-state index contributed by atoms with van der Waals surface area (Å²) in [7, 11) is 3.31. The van der Waals surface area contributed by atoms with Crippen LogP contribution in [0.5, 0.6) is 5.75 Å². The molecular formula is C32H27N5O5S2. The number of aromatic nitrogens is 2. The van der Waals surface area contributed by atoms with Crippen LogP contribution in [0.2, 0.25) is 0 Å². The lowest BCUT2D eigenvalue weighted by Crippen LogP contribution is -2.36. The Morgan fingerprint density at radius 2 is 1.59 bits per heavy atom. The highest BCUT2D eigenvalue weighted by atomic mass is 32.2. The summed E-state index contributed by atoms with van der Waals surface area (Å²) < 4.78 is 8.68. The third-order valence-corrected chi connectivity index (χ3v) is 9.07. The van der Waals surface area contributed by atoms with Gasteiger partial charge in [0.15, 0.2) is 0 Å². The number of thioether (sulfide) groups is 1. The molecule has 0 atom stereocenters. The van der Waals surface area contributed by atoms with Gasteiger partial charge in [-0.3, -0.25) is 33.7 Å². The van der Waals surface area contributed by atoms with E-state index in [0.29, 0.717) is 32.7 Å². The van der Waals surface area contributed by atoms with Crippen molar-refractivity contribution in [3.8, 4) is 11.4 Å². The van der Waals surface area contributed by atoms with Crippen molar-refractivity contribution in [1.82, 2.24) is 14.3 Å². The maximum absolute atomic E-state index is 13.9. The molecule has 2 aliphatic rings. The van der Waals surface area contributed by atoms with E-state index in [9.17, 15) is 19.2 Å². The molecule has 4 aromatic rings. The molecule has 0 aliphatic carbocycles. The number of hydrogen-bond acceptors (Lipinski definition) is 7. The number of para-hydroxylation sites is 2. The van der Waals surface area contributed by atoms with Crippen molar-refractivity contribution in [3.05, 3.63) is 111 Å². The number of methoxy groups -OCH3 is 1. The molecule has 1 fully saturated rings. The van der Waals surface area contributed by atoms with E-state index in [2.05, 4.69) is 5.32 Å². The Balaban J connectivity index is 1.26. The second-order valence-electron chi connectivity index (χ2n) is 10.2. The average molecular weight is 626 g/mol. The van der Waals surface area contributed by atoms with Gasteiger partial charge in [0, 0.05) is 12.6 Å². The van der Waals surface area contributed by atoms with Gasteiger partial charge >= 0.3 is 0 Å². The van der Waals surface area contributed by atoms with Crippen LogP contribution in [0.3, 0.4) is 0 Å². The number of nitrogens with one attached hydrogen (secondary N) is 1. The van der Waals surface area contributed by atoms with E-state index in [1.807, 2.05) is 30.3 Å². The molecule has 1 saturated heterocycles. The van der Waals surface area contributed by atoms with Crippen molar-refractivity contribution in [2.75, 3.05) is 23.9 Å². The zero-order valence-corrected chi connectivity index (χ0v) is 25.7. The number of carbonyl (C=O) groups excluding carboxylic acids is 3. The van der Waals surface area contributed by atoms with Crippen LogP contribution in [0.25, 0.3) is 11.3 Å². The van der Waals surface area contributed by atoms with Crippen LogP contribution in [0.1, 0.15) is 16.8 Å². The highest BCUT2D eigenvalue weighted by Crippen LogP contribution is 2.44. The van der Waals surface area contributed by atoms with Gasteiger partial charge in [0.25, 0.3) is 17.4 Å². The minimum atomic E-state index is -0.549. The molecular weight excluding hydrogens is 599 g/mol. The van der Waals surface area contributed by atoms with E-state index in [-0.39, 0.29) is 40.7 Å². The fraction of sp³-hybridized carbons (Fsp3) is 0.156. The van der Waals surface area contributed by atoms with Gasteiger partial charge in [-0.25, -0.2) is 4.68 Å². The smallest absolute Gasteiger partial charge is 0.295 e. The number of benzene rings is 3. The summed E-state index contributed by atoms with van der Waals surface area (Å²) in [6.45, 7) is 1.62. The summed E-state index contributed by atoms with van der Waals surface area (Å²) in [5, 5.41) is 2.72. The lowest BCUT2D eigenvalue weighted by atomic mass is 10.1. The van der Waals surface area contributed by atoms with Crippen LogP contribution < -0.4 is 20.5 Å². The fourth-order valence-corrected chi connectivity index (χ4v) is 6.62. The number of fused-ring (bicyclic) bond motifs is 1. The van der Waals surface area contributed by atoms with Crippen molar-refractivity contribution < 1.29 is 19.1 Å². The lowest BCUT2D eigenvalue weighted by molar-refractivity contribution is -0.122. The van der Waals surface area contributed by atoms with E-state index in [4.69, 9.17) is 17.0 Å². The van der Waals surface area contributed by atoms with Gasteiger partial charge in [0.05, 0.1) is 41.2 Å². The molecule has 3 aromatic carbocycles. The van der Waals surface area contributed by atoms with Gasteiger partial charge < -0.3 is 10.1 Å². The van der Waals surface area contributed by atoms with Crippen molar-refractivity contribution in [3.63, 3.8) is 0 Å². The minimum Gasteiger partial charge on any atom is -0.497 e. The van der Waals surface area contributed by atoms with Gasteiger partial charge in [-0.05, 0) is 42.8 Å². The molecule has 222 valence electrons. The molecule has 44 heavy (non-hydrogen) atoms. The van der Waals surface area contributed by atoms with Gasteiger partial charge in [0.2, 0.25) is 5.91 Å². The fourth-order valence-electron chi connectivity index (χ4n) is 5.29. The van der Waals surface area contributed by atoms with Crippen molar-refractivity contribution in [2.45, 2.75) is 13.5 Å². The van der Waals surface area contributed by atoms with E-state index in [1.54, 1.807) is 74.3 Å². The number of hydrogen-bond donors (Lipinski definition) is 1. The largest absolute Gasteiger partial charge is 0.497 e. The Kier molecular flexibility index (Phi) is 7.70. The second kappa shape index (κ2) is 11.6. The summed E-state index contributed by atoms with van der Waals surface area (Å²) in [5.41, 5.74) is 3.03. The zero-order valence-electron chi connectivity index (χ0n) is 24.1. The maximum atomic E-state index is 13.9. The predicted molar refractivity (Wildman–Crippen MR) is 174 cm³/mol. The minimum absolute atomic E-state index is 0.126. The normalized spacial score (nSPS) is 16.1. The number of carbonyl (C=O) groups is 3. The second-order valence-corrected chi connectivity index (χ2v) is 11.8. The van der Waals surface area contributed by atoms with Crippen molar-refractivity contribution >= 4 is 63.0 Å². The molecule has 3 heterocycles.